The zero-order chi connectivity index (χ0) is 10.9. The highest BCUT2D eigenvalue weighted by atomic mass is 79.9. The molecule has 6 nitrogen and oxygen atoms in total. The topological polar surface area (TPSA) is 86.3 Å². The van der Waals surface area contributed by atoms with Crippen molar-refractivity contribution in [2.24, 2.45) is 0 Å². The summed E-state index contributed by atoms with van der Waals surface area (Å²) < 4.78 is -0.183. The van der Waals surface area contributed by atoms with Crippen molar-refractivity contribution in [3.63, 3.8) is 0 Å². The summed E-state index contributed by atoms with van der Waals surface area (Å²) in [6.45, 7) is 0. The summed E-state index contributed by atoms with van der Waals surface area (Å²) in [5.74, 6) is 0. The van der Waals surface area contributed by atoms with Crippen LogP contribution in [0.3, 0.4) is 0 Å². The third-order valence-electron chi connectivity index (χ3n) is 1.39. The first kappa shape index (κ1) is 10.9. The molecule has 0 aromatic heterocycles. The van der Waals surface area contributed by atoms with Crippen molar-refractivity contribution in [1.82, 2.24) is 0 Å². The van der Waals surface area contributed by atoms with Gasteiger partial charge in [0.2, 0.25) is 0 Å². The molecule has 0 spiro atoms. The second-order valence-corrected chi connectivity index (χ2v) is 3.50. The molecule has 0 aliphatic heterocycles. The maximum atomic E-state index is 10.4. The third-order valence-corrected chi connectivity index (χ3v) is 2.42. The summed E-state index contributed by atoms with van der Waals surface area (Å²) >= 11 is 8.25. The second-order valence-electron chi connectivity index (χ2n) is 2.27. The van der Waals surface area contributed by atoms with Crippen LogP contribution < -0.4 is 0 Å². The predicted octanol–water partition coefficient (Wildman–Crippen LogP) is 2.92. The predicted molar refractivity (Wildman–Crippen MR) is 52.5 cm³/mol. The van der Waals surface area contributed by atoms with Crippen molar-refractivity contribution in [3.8, 4) is 0 Å². The number of rotatable bonds is 2. The Morgan fingerprint density at radius 3 is 1.79 bits per heavy atom. The van der Waals surface area contributed by atoms with Crippen LogP contribution in [0.5, 0.6) is 0 Å². The molecule has 0 N–H and O–H groups in total. The summed E-state index contributed by atoms with van der Waals surface area (Å²) in [4.78, 5) is 19.4. The van der Waals surface area contributed by atoms with E-state index in [-0.39, 0.29) is 9.50 Å². The van der Waals surface area contributed by atoms with Crippen molar-refractivity contribution in [1.29, 1.82) is 0 Å². The van der Waals surface area contributed by atoms with Gasteiger partial charge in [0.1, 0.15) is 0 Å². The van der Waals surface area contributed by atoms with E-state index in [4.69, 9.17) is 11.6 Å². The number of benzene rings is 1. The highest BCUT2D eigenvalue weighted by molar-refractivity contribution is 9.10. The van der Waals surface area contributed by atoms with Gasteiger partial charge in [0.25, 0.3) is 11.4 Å². The quantitative estimate of drug-likeness (QED) is 0.616. The molecule has 0 saturated heterocycles. The molecule has 0 bridgehead atoms. The zero-order valence-electron chi connectivity index (χ0n) is 6.44. The summed E-state index contributed by atoms with van der Waals surface area (Å²) in [7, 11) is 0. The molecule has 0 amide bonds. The van der Waals surface area contributed by atoms with Crippen LogP contribution in [0.15, 0.2) is 16.6 Å². The van der Waals surface area contributed by atoms with E-state index in [0.717, 1.165) is 12.1 Å². The summed E-state index contributed by atoms with van der Waals surface area (Å²) in [6, 6.07) is 2.08. The zero-order valence-corrected chi connectivity index (χ0v) is 8.78. The fraction of sp³-hybridized carbons (Fsp3) is 0. The molecule has 0 aliphatic carbocycles. The Labute approximate surface area is 90.9 Å². The van der Waals surface area contributed by atoms with Crippen LogP contribution in [0.2, 0.25) is 5.02 Å². The first-order valence-electron chi connectivity index (χ1n) is 3.21. The Morgan fingerprint density at radius 1 is 1.14 bits per heavy atom. The number of hydrogen-bond donors (Lipinski definition) is 0. The van der Waals surface area contributed by atoms with E-state index in [1.165, 1.54) is 0 Å². The van der Waals surface area contributed by atoms with Crippen LogP contribution in [-0.4, -0.2) is 9.85 Å². The maximum absolute atomic E-state index is 10.4. The summed E-state index contributed by atoms with van der Waals surface area (Å²) in [5, 5.41) is 20.8. The van der Waals surface area contributed by atoms with Crippen molar-refractivity contribution in [3.05, 3.63) is 41.9 Å². The van der Waals surface area contributed by atoms with Crippen LogP contribution in [0.25, 0.3) is 0 Å². The van der Waals surface area contributed by atoms with Crippen LogP contribution in [0.1, 0.15) is 0 Å². The molecule has 1 aromatic carbocycles. The highest BCUT2D eigenvalue weighted by Gasteiger charge is 2.23. The number of nitrogens with zero attached hydrogens (tertiary/aromatic N) is 2. The largest absolute Gasteiger partial charge is 0.292 e. The van der Waals surface area contributed by atoms with Gasteiger partial charge in [-0.15, -0.1) is 0 Å². The first-order valence-corrected chi connectivity index (χ1v) is 4.38. The molecular weight excluding hydrogens is 279 g/mol. The molecular formula is C6H2BrClN2O4. The van der Waals surface area contributed by atoms with Crippen molar-refractivity contribution in [2.45, 2.75) is 0 Å². The number of nitro groups is 2. The van der Waals surface area contributed by atoms with E-state index in [2.05, 4.69) is 15.9 Å². The molecule has 74 valence electrons. The van der Waals surface area contributed by atoms with Crippen molar-refractivity contribution in [2.75, 3.05) is 0 Å². The molecule has 0 aliphatic rings. The van der Waals surface area contributed by atoms with Gasteiger partial charge in [0.15, 0.2) is 4.47 Å². The van der Waals surface area contributed by atoms with E-state index in [0.29, 0.717) is 0 Å². The van der Waals surface area contributed by atoms with Gasteiger partial charge >= 0.3 is 0 Å². The molecule has 0 fully saturated rings. The van der Waals surface area contributed by atoms with Crippen LogP contribution in [0.4, 0.5) is 11.4 Å². The summed E-state index contributed by atoms with van der Waals surface area (Å²) in [6.07, 6.45) is 0. The molecule has 0 unspecified atom stereocenters. The van der Waals surface area contributed by atoms with E-state index in [1.54, 1.807) is 0 Å². The van der Waals surface area contributed by atoms with E-state index < -0.39 is 21.2 Å². The van der Waals surface area contributed by atoms with Crippen LogP contribution >= 0.6 is 27.5 Å². The normalized spacial score (nSPS) is 9.86. The maximum Gasteiger partial charge on any atom is 0.292 e. The Bertz CT molecular complexity index is 387. The van der Waals surface area contributed by atoms with E-state index in [9.17, 15) is 20.2 Å². The first-order chi connectivity index (χ1) is 6.43. The van der Waals surface area contributed by atoms with Gasteiger partial charge in [-0.05, 0) is 15.9 Å². The lowest BCUT2D eigenvalue weighted by Gasteiger charge is -1.97. The molecule has 1 aromatic rings. The third kappa shape index (κ3) is 1.99. The number of nitro benzene ring substituents is 2. The van der Waals surface area contributed by atoms with Gasteiger partial charge in [-0.25, -0.2) is 0 Å². The van der Waals surface area contributed by atoms with Gasteiger partial charge in [0, 0.05) is 12.1 Å². The average molecular weight is 281 g/mol. The minimum absolute atomic E-state index is 0.0494. The van der Waals surface area contributed by atoms with Crippen LogP contribution in [0, 0.1) is 20.2 Å². The lowest BCUT2D eigenvalue weighted by Crippen LogP contribution is -1.95. The lowest BCUT2D eigenvalue weighted by molar-refractivity contribution is -0.395. The second kappa shape index (κ2) is 3.89. The minimum atomic E-state index is -0.747. The van der Waals surface area contributed by atoms with E-state index in [1.807, 2.05) is 0 Å². The molecule has 0 radical (unpaired) electrons. The lowest BCUT2D eigenvalue weighted by atomic mass is 10.3. The Kier molecular flexibility index (Phi) is 3.02. The molecule has 0 heterocycles. The fourth-order valence-corrected chi connectivity index (χ4v) is 1.55. The van der Waals surface area contributed by atoms with Gasteiger partial charge in [0.05, 0.1) is 14.9 Å². The van der Waals surface area contributed by atoms with Crippen molar-refractivity contribution >= 4 is 38.9 Å². The van der Waals surface area contributed by atoms with E-state index >= 15 is 0 Å². The molecule has 0 atom stereocenters. The van der Waals surface area contributed by atoms with Gasteiger partial charge in [-0.3, -0.25) is 20.2 Å². The number of hydrogen-bond acceptors (Lipinski definition) is 4. The minimum Gasteiger partial charge on any atom is -0.258 e. The highest BCUT2D eigenvalue weighted by Crippen LogP contribution is 2.36. The van der Waals surface area contributed by atoms with Gasteiger partial charge < -0.3 is 0 Å². The molecule has 1 rings (SSSR count). The SMILES string of the molecule is O=[N+]([O-])c1cc(Cl)cc([N+](=O)[O-])c1Br. The Balaban J connectivity index is 3.47. The fourth-order valence-electron chi connectivity index (χ4n) is 0.827. The standard InChI is InChI=1S/C6H2BrClN2O4/c7-6-4(9(11)12)1-3(8)2-5(6)10(13)14/h1-2H. The monoisotopic (exact) mass is 280 g/mol. The molecule has 0 saturated carbocycles. The molecule has 8 heteroatoms. The van der Waals surface area contributed by atoms with Crippen LogP contribution in [-0.2, 0) is 0 Å². The van der Waals surface area contributed by atoms with Gasteiger partial charge in [-0.1, -0.05) is 11.6 Å². The Morgan fingerprint density at radius 2 is 1.50 bits per heavy atom. The number of halogens is 2. The van der Waals surface area contributed by atoms with Gasteiger partial charge in [-0.2, -0.15) is 0 Å². The summed E-state index contributed by atoms with van der Waals surface area (Å²) in [5.41, 5.74) is -0.853. The molecule has 14 heavy (non-hydrogen) atoms. The Hall–Kier alpha value is -1.21. The smallest absolute Gasteiger partial charge is 0.258 e. The average Bonchev–Trinajstić information content (AvgIpc) is 2.07. The van der Waals surface area contributed by atoms with Crippen molar-refractivity contribution < 1.29 is 9.85 Å².